The van der Waals surface area contributed by atoms with Gasteiger partial charge in [0, 0.05) is 6.61 Å². The second-order valence-electron chi connectivity index (χ2n) is 2.63. The molecule has 0 aliphatic heterocycles. The SMILES string of the molecule is O=S(=O)(O)C1(CCO)CC1. The molecule has 1 aliphatic carbocycles. The quantitative estimate of drug-likeness (QED) is 0.569. The van der Waals surface area contributed by atoms with E-state index in [1.165, 1.54) is 0 Å². The van der Waals surface area contributed by atoms with Gasteiger partial charge in [0.15, 0.2) is 0 Å². The van der Waals surface area contributed by atoms with E-state index in [2.05, 4.69) is 0 Å². The molecule has 0 spiro atoms. The molecule has 10 heavy (non-hydrogen) atoms. The lowest BCUT2D eigenvalue weighted by molar-refractivity contribution is 0.279. The average Bonchev–Trinajstić information content (AvgIpc) is 2.45. The van der Waals surface area contributed by atoms with Crippen LogP contribution in [0.5, 0.6) is 0 Å². The molecular weight excluding hydrogens is 156 g/mol. The first-order valence-electron chi connectivity index (χ1n) is 3.10. The Hall–Kier alpha value is -0.130. The molecule has 0 aromatic carbocycles. The molecule has 0 amide bonds. The summed E-state index contributed by atoms with van der Waals surface area (Å²) in [6, 6.07) is 0. The van der Waals surface area contributed by atoms with Gasteiger partial charge in [-0.2, -0.15) is 8.42 Å². The molecule has 5 heteroatoms. The molecule has 2 N–H and O–H groups in total. The van der Waals surface area contributed by atoms with Crippen LogP contribution >= 0.6 is 0 Å². The zero-order valence-corrected chi connectivity index (χ0v) is 6.26. The highest BCUT2D eigenvalue weighted by Gasteiger charge is 2.53. The van der Waals surface area contributed by atoms with Crippen molar-refractivity contribution >= 4 is 10.1 Å². The molecule has 0 unspecified atom stereocenters. The van der Waals surface area contributed by atoms with E-state index in [0.29, 0.717) is 12.8 Å². The first kappa shape index (κ1) is 7.97. The van der Waals surface area contributed by atoms with Crippen LogP contribution in [0, 0.1) is 0 Å². The molecule has 1 saturated carbocycles. The van der Waals surface area contributed by atoms with Gasteiger partial charge in [0.2, 0.25) is 0 Å². The van der Waals surface area contributed by atoms with Gasteiger partial charge in [-0.15, -0.1) is 0 Å². The first-order valence-corrected chi connectivity index (χ1v) is 4.54. The number of aliphatic hydroxyl groups is 1. The van der Waals surface area contributed by atoms with Crippen LogP contribution in [0.1, 0.15) is 19.3 Å². The van der Waals surface area contributed by atoms with Gasteiger partial charge in [0.1, 0.15) is 0 Å². The molecule has 1 aliphatic rings. The summed E-state index contributed by atoms with van der Waals surface area (Å²) < 4.78 is 28.7. The summed E-state index contributed by atoms with van der Waals surface area (Å²) in [5, 5.41) is 8.43. The fourth-order valence-corrected chi connectivity index (χ4v) is 1.95. The van der Waals surface area contributed by atoms with Gasteiger partial charge in [0.05, 0.1) is 4.75 Å². The van der Waals surface area contributed by atoms with Crippen LogP contribution in [-0.2, 0) is 10.1 Å². The summed E-state index contributed by atoms with van der Waals surface area (Å²) in [7, 11) is -3.91. The van der Waals surface area contributed by atoms with Crippen molar-refractivity contribution in [3.8, 4) is 0 Å². The van der Waals surface area contributed by atoms with Crippen molar-refractivity contribution in [2.24, 2.45) is 0 Å². The number of rotatable bonds is 3. The molecule has 0 bridgehead atoms. The Bertz CT molecular complexity index is 214. The summed E-state index contributed by atoms with van der Waals surface area (Å²) in [5.74, 6) is 0. The molecule has 0 radical (unpaired) electrons. The first-order chi connectivity index (χ1) is 4.52. The van der Waals surface area contributed by atoms with Crippen LogP contribution < -0.4 is 0 Å². The minimum Gasteiger partial charge on any atom is -0.396 e. The summed E-state index contributed by atoms with van der Waals surface area (Å²) in [5.41, 5.74) is 0. The van der Waals surface area contributed by atoms with Crippen LogP contribution in [0.3, 0.4) is 0 Å². The average molecular weight is 166 g/mol. The third kappa shape index (κ3) is 1.16. The normalized spacial score (nSPS) is 22.6. The number of hydrogen-bond acceptors (Lipinski definition) is 3. The van der Waals surface area contributed by atoms with Crippen LogP contribution in [0.25, 0.3) is 0 Å². The molecule has 1 fully saturated rings. The summed E-state index contributed by atoms with van der Waals surface area (Å²) >= 11 is 0. The van der Waals surface area contributed by atoms with E-state index in [0.717, 1.165) is 0 Å². The van der Waals surface area contributed by atoms with Crippen molar-refractivity contribution in [2.75, 3.05) is 6.61 Å². The Kier molecular flexibility index (Phi) is 1.74. The van der Waals surface area contributed by atoms with Gasteiger partial charge in [-0.25, -0.2) is 0 Å². The van der Waals surface area contributed by atoms with Gasteiger partial charge in [-0.3, -0.25) is 4.55 Å². The van der Waals surface area contributed by atoms with E-state index < -0.39 is 14.9 Å². The summed E-state index contributed by atoms with van der Waals surface area (Å²) in [6.45, 7) is -0.181. The fraction of sp³-hybridized carbons (Fsp3) is 1.00. The second kappa shape index (κ2) is 2.18. The van der Waals surface area contributed by atoms with E-state index >= 15 is 0 Å². The number of hydrogen-bond donors (Lipinski definition) is 2. The summed E-state index contributed by atoms with van der Waals surface area (Å²) in [4.78, 5) is 0. The lowest BCUT2D eigenvalue weighted by Gasteiger charge is -2.07. The highest BCUT2D eigenvalue weighted by molar-refractivity contribution is 7.87. The minimum absolute atomic E-state index is 0.159. The summed E-state index contributed by atoms with van der Waals surface area (Å²) in [6.07, 6.45) is 1.12. The number of aliphatic hydroxyl groups excluding tert-OH is 1. The van der Waals surface area contributed by atoms with Crippen molar-refractivity contribution < 1.29 is 18.1 Å². The van der Waals surface area contributed by atoms with E-state index in [1.54, 1.807) is 0 Å². The Morgan fingerprint density at radius 2 is 1.90 bits per heavy atom. The van der Waals surface area contributed by atoms with Gasteiger partial charge >= 0.3 is 0 Å². The molecule has 0 saturated heterocycles. The smallest absolute Gasteiger partial charge is 0.270 e. The van der Waals surface area contributed by atoms with Crippen molar-refractivity contribution in [3.63, 3.8) is 0 Å². The molecule has 4 nitrogen and oxygen atoms in total. The largest absolute Gasteiger partial charge is 0.396 e. The Labute approximate surface area is 59.6 Å². The standard InChI is InChI=1S/C5H10O4S/c6-4-3-5(1-2-5)10(7,8)9/h6H,1-4H2,(H,7,8,9). The van der Waals surface area contributed by atoms with Crippen LogP contribution in [0.4, 0.5) is 0 Å². The second-order valence-corrected chi connectivity index (χ2v) is 4.45. The highest BCUT2D eigenvalue weighted by atomic mass is 32.2. The van der Waals surface area contributed by atoms with Crippen molar-refractivity contribution in [2.45, 2.75) is 24.0 Å². The molecule has 0 heterocycles. The maximum atomic E-state index is 10.5. The maximum absolute atomic E-state index is 10.5. The Morgan fingerprint density at radius 1 is 1.40 bits per heavy atom. The fourth-order valence-electron chi connectivity index (χ4n) is 0.980. The third-order valence-corrected chi connectivity index (χ3v) is 3.63. The van der Waals surface area contributed by atoms with Crippen LogP contribution in [0.15, 0.2) is 0 Å². The highest BCUT2D eigenvalue weighted by Crippen LogP contribution is 2.45. The topological polar surface area (TPSA) is 74.6 Å². The molecule has 1 rings (SSSR count). The molecular formula is C5H10O4S. The lowest BCUT2D eigenvalue weighted by atomic mass is 10.3. The zero-order valence-electron chi connectivity index (χ0n) is 5.45. The predicted octanol–water partition coefficient (Wildman–Crippen LogP) is -0.211. The van der Waals surface area contributed by atoms with Gasteiger partial charge in [-0.1, -0.05) is 0 Å². The molecule has 0 atom stereocenters. The van der Waals surface area contributed by atoms with E-state index in [9.17, 15) is 8.42 Å². The van der Waals surface area contributed by atoms with Crippen molar-refractivity contribution in [1.29, 1.82) is 0 Å². The van der Waals surface area contributed by atoms with E-state index in [4.69, 9.17) is 9.66 Å². The van der Waals surface area contributed by atoms with Crippen molar-refractivity contribution in [1.82, 2.24) is 0 Å². The van der Waals surface area contributed by atoms with Gasteiger partial charge < -0.3 is 5.11 Å². The predicted molar refractivity (Wildman–Crippen MR) is 35.2 cm³/mol. The third-order valence-electron chi connectivity index (χ3n) is 1.92. The van der Waals surface area contributed by atoms with Crippen LogP contribution in [-0.4, -0.2) is 29.4 Å². The van der Waals surface area contributed by atoms with Crippen molar-refractivity contribution in [3.05, 3.63) is 0 Å². The Morgan fingerprint density at radius 3 is 2.00 bits per heavy atom. The molecule has 60 valence electrons. The van der Waals surface area contributed by atoms with E-state index in [-0.39, 0.29) is 13.0 Å². The zero-order chi connectivity index (χ0) is 7.83. The molecule has 0 aromatic rings. The van der Waals surface area contributed by atoms with Gasteiger partial charge in [0.25, 0.3) is 10.1 Å². The van der Waals surface area contributed by atoms with Crippen LogP contribution in [0.2, 0.25) is 0 Å². The van der Waals surface area contributed by atoms with Gasteiger partial charge in [-0.05, 0) is 19.3 Å². The minimum atomic E-state index is -3.91. The van der Waals surface area contributed by atoms with E-state index in [1.807, 2.05) is 0 Å². The monoisotopic (exact) mass is 166 g/mol. The maximum Gasteiger partial charge on any atom is 0.270 e. The lowest BCUT2D eigenvalue weighted by Crippen LogP contribution is -2.23. The molecule has 0 aromatic heterocycles. The Balaban J connectivity index is 2.71.